The molecule has 21 N–H and O–H groups in total. The van der Waals surface area contributed by atoms with Gasteiger partial charge < -0.3 is 108 Å². The largest absolute Gasteiger partial charge is 0.493 e. The van der Waals surface area contributed by atoms with Crippen LogP contribution in [0.5, 0.6) is 0 Å². The molecule has 0 unspecified atom stereocenters. The lowest BCUT2D eigenvalue weighted by atomic mass is 9.77. The Labute approximate surface area is 543 Å². The first-order valence-corrected chi connectivity index (χ1v) is 27.4. The van der Waals surface area contributed by atoms with Gasteiger partial charge in [0.05, 0.1) is 5.69 Å². The number of hydrogen-bond donors (Lipinski definition) is 21. The third-order valence-electron chi connectivity index (χ3n) is 11.2. The zero-order valence-corrected chi connectivity index (χ0v) is 51.6. The molecule has 0 bridgehead atoms. The Morgan fingerprint density at radius 3 is 1.24 bits per heavy atom. The van der Waals surface area contributed by atoms with Crippen molar-refractivity contribution >= 4 is 158 Å². The Bertz CT molecular complexity index is 3650. The number of halogens is 5. The summed E-state index contributed by atoms with van der Waals surface area (Å²) in [6, 6.07) is 32.7. The minimum atomic E-state index is -2.13. The Kier molecular flexibility index (Phi) is 37.9. The van der Waals surface area contributed by atoms with E-state index in [-0.39, 0.29) is 56.6 Å². The van der Waals surface area contributed by atoms with Crippen molar-refractivity contribution in [1.82, 2.24) is 5.32 Å². The summed E-state index contributed by atoms with van der Waals surface area (Å²) in [5.74, 6) is -6.77. The van der Waals surface area contributed by atoms with Crippen LogP contribution >= 0.6 is 0 Å². The second kappa shape index (κ2) is 43.0. The highest BCUT2D eigenvalue weighted by atomic mass is 19.2. The molecule has 0 spiro atoms. The van der Waals surface area contributed by atoms with Crippen LogP contribution in [0.2, 0.25) is 0 Å². The van der Waals surface area contributed by atoms with Crippen molar-refractivity contribution in [3.63, 3.8) is 0 Å². The summed E-state index contributed by atoms with van der Waals surface area (Å²) in [5, 5.41) is 141. The van der Waals surface area contributed by atoms with Crippen LogP contribution in [0.3, 0.4) is 0 Å². The molecule has 0 aliphatic carbocycles. The van der Waals surface area contributed by atoms with Gasteiger partial charge >= 0.3 is 49.8 Å². The van der Waals surface area contributed by atoms with Gasteiger partial charge in [-0.15, -0.1) is 0 Å². The molecule has 0 aliphatic rings. The second-order valence-corrected chi connectivity index (χ2v) is 19.2. The maximum Gasteiger partial charge on any atom is 0.493 e. The summed E-state index contributed by atoms with van der Waals surface area (Å²) in [6.45, 7) is 8.38. The second-order valence-electron chi connectivity index (χ2n) is 19.2. The van der Waals surface area contributed by atoms with Crippen molar-refractivity contribution in [2.24, 2.45) is 0 Å². The summed E-state index contributed by atoms with van der Waals surface area (Å²) < 4.78 is 64.9. The Hall–Kier alpha value is -9.14. The average molecular weight is 1330 g/mol. The van der Waals surface area contributed by atoms with Crippen LogP contribution in [0.4, 0.5) is 56.1 Å². The average Bonchev–Trinajstić information content (AvgIpc) is 0.880. The number of hydrogen-bond acceptors (Lipinski definition) is 21. The van der Waals surface area contributed by atoms with Gasteiger partial charge in [-0.2, -0.15) is 0 Å². The van der Waals surface area contributed by atoms with E-state index in [1.807, 2.05) is 19.2 Å². The Morgan fingerprint density at radius 2 is 0.747 bits per heavy atom. The molecule has 0 fully saturated rings. The van der Waals surface area contributed by atoms with E-state index in [0.717, 1.165) is 35.9 Å². The number of rotatable bonds is 15. The molecule has 27 nitrogen and oxygen atoms in total. The predicted molar refractivity (Wildman–Crippen MR) is 352 cm³/mol. The molecule has 0 saturated heterocycles. The third-order valence-corrected chi connectivity index (χ3v) is 11.2. The van der Waals surface area contributed by atoms with Crippen LogP contribution < -0.4 is 75.5 Å². The fraction of sp³-hybridized carbons (Fsp3) is 0.143. The van der Waals surface area contributed by atoms with Crippen LogP contribution in [0.1, 0.15) is 47.1 Å². The molecule has 7 rings (SSSR count). The molecule has 95 heavy (non-hydrogen) atoms. The van der Waals surface area contributed by atoms with E-state index in [4.69, 9.17) is 70.3 Å². The molecule has 7 aromatic carbocycles. The number of amides is 6. The predicted octanol–water partition coefficient (Wildman–Crippen LogP) is -4.27. The zero-order valence-electron chi connectivity index (χ0n) is 51.6. The van der Waals surface area contributed by atoms with Crippen LogP contribution in [0.25, 0.3) is 0 Å². The van der Waals surface area contributed by atoms with Gasteiger partial charge in [-0.05, 0) is 95.7 Å². The number of nitrogens with one attached hydrogen (secondary N) is 7. The van der Waals surface area contributed by atoms with E-state index in [1.54, 1.807) is 48.5 Å². The number of benzene rings is 7. The number of para-hydroxylation sites is 1. The summed E-state index contributed by atoms with van der Waals surface area (Å²) in [7, 11) is -10.3. The van der Waals surface area contributed by atoms with Gasteiger partial charge in [0, 0.05) is 104 Å². The number of carbonyl (C=O) groups excluding carboxylic acids is 6. The first-order chi connectivity index (χ1) is 44.4. The minimum absolute atomic E-state index is 0.0375. The first-order valence-electron chi connectivity index (χ1n) is 27.4. The molecule has 0 heterocycles. The molecule has 0 atom stereocenters. The molecule has 0 aromatic heterocycles. The SMILES string of the molecule is CC(=O)Nc1cc(B(O)O)ccc1F.CC(=O)Nc1cc(F)c(F)c(B(O)O)c1.CC(=O)Nc1ccc(F)c(B(O)O)c1.CC(=O)Nc1cccc(B(O)O)c1.CC(=O)Nc1cccc(F)c1B(O)O.CC(=O)Nc1ccccc1B(O)O.CNCc1ccccc1B(O)O. The van der Waals surface area contributed by atoms with Crippen molar-refractivity contribution in [2.75, 3.05) is 38.9 Å². The molecule has 39 heteroatoms. The molecule has 502 valence electrons. The lowest BCUT2D eigenvalue weighted by Crippen LogP contribution is -2.35. The van der Waals surface area contributed by atoms with Crippen molar-refractivity contribution in [1.29, 1.82) is 0 Å². The van der Waals surface area contributed by atoms with Gasteiger partial charge in [0.2, 0.25) is 35.4 Å². The summed E-state index contributed by atoms with van der Waals surface area (Å²) in [5.41, 5.74) is 2.27. The highest BCUT2D eigenvalue weighted by Crippen LogP contribution is 2.14. The van der Waals surface area contributed by atoms with Crippen LogP contribution in [-0.4, -0.2) is 163 Å². The zero-order chi connectivity index (χ0) is 72.4. The van der Waals surface area contributed by atoms with E-state index >= 15 is 0 Å². The van der Waals surface area contributed by atoms with Crippen LogP contribution in [-0.2, 0) is 35.3 Å². The fourth-order valence-electron chi connectivity index (χ4n) is 7.33. The van der Waals surface area contributed by atoms with Crippen molar-refractivity contribution in [3.8, 4) is 0 Å². The van der Waals surface area contributed by atoms with Gasteiger partial charge in [-0.25, -0.2) is 22.0 Å². The van der Waals surface area contributed by atoms with E-state index in [9.17, 15) is 50.7 Å². The molecule has 7 aromatic rings. The lowest BCUT2D eigenvalue weighted by Gasteiger charge is -2.09. The highest BCUT2D eigenvalue weighted by Gasteiger charge is 2.23. The van der Waals surface area contributed by atoms with Gasteiger partial charge in [0.1, 0.15) is 17.5 Å². The Balaban J connectivity index is 0.000000555. The Morgan fingerprint density at radius 1 is 0.326 bits per heavy atom. The van der Waals surface area contributed by atoms with Crippen molar-refractivity contribution < 1.29 is 121 Å². The smallest absolute Gasteiger partial charge is 0.423 e. The molecule has 6 amide bonds. The molecular formula is C56H67B7F5N7O20. The number of anilines is 6. The lowest BCUT2D eigenvalue weighted by molar-refractivity contribution is -0.115. The maximum atomic E-state index is 13.1. The number of carbonyl (C=O) groups is 6. The van der Waals surface area contributed by atoms with E-state index < -0.39 is 102 Å². The van der Waals surface area contributed by atoms with Gasteiger partial charge in [-0.1, -0.05) is 66.7 Å². The van der Waals surface area contributed by atoms with Gasteiger partial charge in [0.25, 0.3) is 0 Å². The van der Waals surface area contributed by atoms with Gasteiger partial charge in [0.15, 0.2) is 11.6 Å². The highest BCUT2D eigenvalue weighted by molar-refractivity contribution is 6.62. The maximum absolute atomic E-state index is 13.1. The van der Waals surface area contributed by atoms with Crippen LogP contribution in [0, 0.1) is 29.1 Å². The van der Waals surface area contributed by atoms with Crippen molar-refractivity contribution in [3.05, 3.63) is 174 Å². The molecular weight excluding hydrogens is 1260 g/mol. The van der Waals surface area contributed by atoms with Gasteiger partial charge in [-0.3, -0.25) is 28.8 Å². The topological polar surface area (TPSA) is 470 Å². The van der Waals surface area contributed by atoms with E-state index in [0.29, 0.717) is 34.5 Å². The van der Waals surface area contributed by atoms with E-state index in [2.05, 4.69) is 37.2 Å². The van der Waals surface area contributed by atoms with Crippen molar-refractivity contribution in [2.45, 2.75) is 48.1 Å². The monoisotopic (exact) mass is 1330 g/mol. The standard InChI is InChI=1S/C8H8BF2NO3.3C8H9BFNO3.2C8H10BNO3.C8H12BNO2/c1-4(13)12-5-2-6(9(14)15)8(11)7(10)3-5;1-5(12)11-6-2-3-8(10)7(4-6)9(13)14;1-5(12)11-8-4-6(9(13)14)2-3-7(8)10;1-5(12)11-7-4-2-3-6(10)8(7)9(13)14;1-6(11)10-8-4-2-3-7(5-8)9(12)13;1-6(11)10-8-5-3-2-4-7(8)9(12)13;1-10-6-7-4-2-3-5-8(7)9(11)12/h2-3,14-15H,1H3,(H,12,13);3*2-4,13-14H,1H3,(H,11,12);2*2-5,12-13H,1H3,(H,10,11);2-5,10-12H,6H2,1H3. The third kappa shape index (κ3) is 32.5. The molecule has 0 radical (unpaired) electrons. The first kappa shape index (κ1) is 83.9. The summed E-state index contributed by atoms with van der Waals surface area (Å²) in [6.07, 6.45) is 0. The quantitative estimate of drug-likeness (QED) is 0.0341. The summed E-state index contributed by atoms with van der Waals surface area (Å²) in [4.78, 5) is 64.0. The molecule has 0 aliphatic heterocycles. The minimum Gasteiger partial charge on any atom is -0.423 e. The summed E-state index contributed by atoms with van der Waals surface area (Å²) >= 11 is 0. The molecule has 0 saturated carbocycles. The van der Waals surface area contributed by atoms with Crippen LogP contribution in [0.15, 0.2) is 140 Å². The normalized spacial score (nSPS) is 9.71. The van der Waals surface area contributed by atoms with E-state index in [1.165, 1.54) is 90.1 Å². The fourth-order valence-corrected chi connectivity index (χ4v) is 7.33.